The number of hydrogen-bond donors (Lipinski definition) is 2. The van der Waals surface area contributed by atoms with Gasteiger partial charge in [0.25, 0.3) is 0 Å². The molecule has 0 bridgehead atoms. The lowest BCUT2D eigenvalue weighted by molar-refractivity contribution is 0.376. The summed E-state index contributed by atoms with van der Waals surface area (Å²) in [6.07, 6.45) is 2.08. The second kappa shape index (κ2) is 6.30. The largest absolute Gasteiger partial charge is 0.316 e. The minimum absolute atomic E-state index is 0.0673. The summed E-state index contributed by atoms with van der Waals surface area (Å²) >= 11 is 3.08. The van der Waals surface area contributed by atoms with Crippen LogP contribution in [0.5, 0.6) is 0 Å². The maximum Gasteiger partial charge on any atom is 0.241 e. The molecule has 4 nitrogen and oxygen atoms in total. The molecule has 2 rings (SSSR count). The summed E-state index contributed by atoms with van der Waals surface area (Å²) in [6.45, 7) is 2.22. The Morgan fingerprint density at radius 1 is 1.47 bits per heavy atom. The quantitative estimate of drug-likeness (QED) is 0.871. The van der Waals surface area contributed by atoms with Gasteiger partial charge in [-0.1, -0.05) is 0 Å². The van der Waals surface area contributed by atoms with Crippen LogP contribution < -0.4 is 10.0 Å². The fourth-order valence-electron chi connectivity index (χ4n) is 2.10. The van der Waals surface area contributed by atoms with Crippen molar-refractivity contribution in [2.24, 2.45) is 5.92 Å². The van der Waals surface area contributed by atoms with Gasteiger partial charge in [0.15, 0.2) is 0 Å². The van der Waals surface area contributed by atoms with Gasteiger partial charge in [0.2, 0.25) is 10.0 Å². The Morgan fingerprint density at radius 2 is 2.26 bits per heavy atom. The Bertz CT molecular complexity index is 545. The molecule has 0 unspecified atom stereocenters. The van der Waals surface area contributed by atoms with Gasteiger partial charge in [-0.2, -0.15) is 0 Å². The number of rotatable bonds is 4. The Balaban J connectivity index is 2.05. The molecule has 7 heteroatoms. The standard InChI is InChI=1S/C12H16BrFN2O2S/c13-11-6-10(14)3-4-12(11)19(17,18)16-8-9-2-1-5-15-7-9/h3-4,6,9,15-16H,1-2,5,7-8H2/t9-/m1/s1. The van der Waals surface area contributed by atoms with Gasteiger partial charge < -0.3 is 5.32 Å². The average molecular weight is 351 g/mol. The summed E-state index contributed by atoms with van der Waals surface area (Å²) in [4.78, 5) is 0.0673. The first-order valence-electron chi connectivity index (χ1n) is 6.14. The lowest BCUT2D eigenvalue weighted by atomic mass is 10.0. The molecule has 0 aromatic heterocycles. The fourth-order valence-corrected chi connectivity index (χ4v) is 4.26. The Morgan fingerprint density at radius 3 is 2.89 bits per heavy atom. The predicted molar refractivity (Wildman–Crippen MR) is 74.9 cm³/mol. The van der Waals surface area contributed by atoms with Gasteiger partial charge in [0.05, 0.1) is 4.90 Å². The van der Waals surface area contributed by atoms with Crippen molar-refractivity contribution < 1.29 is 12.8 Å². The lowest BCUT2D eigenvalue weighted by Gasteiger charge is -2.22. The van der Waals surface area contributed by atoms with Crippen molar-refractivity contribution in [3.63, 3.8) is 0 Å². The van der Waals surface area contributed by atoms with Crippen LogP contribution in [0.15, 0.2) is 27.6 Å². The fraction of sp³-hybridized carbons (Fsp3) is 0.500. The van der Waals surface area contributed by atoms with Crippen molar-refractivity contribution >= 4 is 26.0 Å². The molecule has 106 valence electrons. The maximum atomic E-state index is 13.0. The number of piperidine rings is 1. The van der Waals surface area contributed by atoms with Crippen molar-refractivity contribution in [1.29, 1.82) is 0 Å². The summed E-state index contributed by atoms with van der Waals surface area (Å²) in [6, 6.07) is 3.55. The number of benzene rings is 1. The van der Waals surface area contributed by atoms with Gasteiger partial charge in [-0.15, -0.1) is 0 Å². The summed E-state index contributed by atoms with van der Waals surface area (Å²) < 4.78 is 40.0. The molecule has 0 aliphatic carbocycles. The van der Waals surface area contributed by atoms with Crippen molar-refractivity contribution in [3.8, 4) is 0 Å². The van der Waals surface area contributed by atoms with Crippen LogP contribution in [0.1, 0.15) is 12.8 Å². The highest BCUT2D eigenvalue weighted by molar-refractivity contribution is 9.10. The molecule has 1 saturated heterocycles. The molecular formula is C12H16BrFN2O2S. The molecule has 2 N–H and O–H groups in total. The monoisotopic (exact) mass is 350 g/mol. The van der Waals surface area contributed by atoms with E-state index in [4.69, 9.17) is 0 Å². The van der Waals surface area contributed by atoms with Crippen LogP contribution in [-0.4, -0.2) is 28.1 Å². The number of hydrogen-bond acceptors (Lipinski definition) is 3. The third-order valence-electron chi connectivity index (χ3n) is 3.14. The minimum Gasteiger partial charge on any atom is -0.316 e. The first-order valence-corrected chi connectivity index (χ1v) is 8.42. The van der Waals surface area contributed by atoms with Crippen molar-refractivity contribution in [3.05, 3.63) is 28.5 Å². The summed E-state index contributed by atoms with van der Waals surface area (Å²) in [5, 5.41) is 3.24. The van der Waals surface area contributed by atoms with E-state index >= 15 is 0 Å². The third-order valence-corrected chi connectivity index (χ3v) is 5.54. The van der Waals surface area contributed by atoms with Gasteiger partial charge >= 0.3 is 0 Å². The van der Waals surface area contributed by atoms with Gasteiger partial charge in [0.1, 0.15) is 5.82 Å². The molecule has 1 aromatic rings. The Labute approximate surface area is 121 Å². The molecule has 0 radical (unpaired) electrons. The first kappa shape index (κ1) is 14.9. The first-order chi connectivity index (χ1) is 8.99. The zero-order valence-electron chi connectivity index (χ0n) is 10.3. The molecular weight excluding hydrogens is 335 g/mol. The predicted octanol–water partition coefficient (Wildman–Crippen LogP) is 1.87. The van der Waals surface area contributed by atoms with E-state index in [0.717, 1.165) is 38.1 Å². The minimum atomic E-state index is -3.60. The molecule has 19 heavy (non-hydrogen) atoms. The van der Waals surface area contributed by atoms with Crippen LogP contribution in [0.3, 0.4) is 0 Å². The molecule has 0 amide bonds. The van der Waals surface area contributed by atoms with Crippen molar-refractivity contribution in [2.45, 2.75) is 17.7 Å². The Kier molecular flexibility index (Phi) is 4.94. The number of halogens is 2. The van der Waals surface area contributed by atoms with Gasteiger partial charge in [-0.25, -0.2) is 17.5 Å². The van der Waals surface area contributed by atoms with Crippen molar-refractivity contribution in [2.75, 3.05) is 19.6 Å². The number of nitrogens with one attached hydrogen (secondary N) is 2. The topological polar surface area (TPSA) is 58.2 Å². The molecule has 1 aliphatic heterocycles. The second-order valence-corrected chi connectivity index (χ2v) is 7.23. The molecule has 1 fully saturated rings. The zero-order valence-corrected chi connectivity index (χ0v) is 12.7. The van der Waals surface area contributed by atoms with E-state index in [0.29, 0.717) is 12.5 Å². The Hall–Kier alpha value is -0.500. The third kappa shape index (κ3) is 3.98. The highest BCUT2D eigenvalue weighted by Gasteiger charge is 2.20. The van der Waals surface area contributed by atoms with E-state index in [1.54, 1.807) is 0 Å². The van der Waals surface area contributed by atoms with Crippen LogP contribution in [0, 0.1) is 11.7 Å². The molecule has 1 aliphatic rings. The molecule has 1 heterocycles. The highest BCUT2D eigenvalue weighted by Crippen LogP contribution is 2.22. The van der Waals surface area contributed by atoms with Crippen molar-refractivity contribution in [1.82, 2.24) is 10.0 Å². The molecule has 1 aromatic carbocycles. The van der Waals surface area contributed by atoms with Gasteiger partial charge in [-0.3, -0.25) is 0 Å². The summed E-state index contributed by atoms with van der Waals surface area (Å²) in [5.41, 5.74) is 0. The van der Waals surface area contributed by atoms with Gasteiger partial charge in [-0.05, 0) is 66.0 Å². The van der Waals surface area contributed by atoms with E-state index in [9.17, 15) is 12.8 Å². The zero-order chi connectivity index (χ0) is 13.9. The second-order valence-electron chi connectivity index (χ2n) is 4.64. The smallest absolute Gasteiger partial charge is 0.241 e. The SMILES string of the molecule is O=S(=O)(NC[C@@H]1CCCNC1)c1ccc(F)cc1Br. The average Bonchev–Trinajstić information content (AvgIpc) is 2.37. The van der Waals surface area contributed by atoms with Gasteiger partial charge in [0, 0.05) is 11.0 Å². The van der Waals surface area contributed by atoms with Crippen LogP contribution in [-0.2, 0) is 10.0 Å². The van der Waals surface area contributed by atoms with Crippen LogP contribution in [0.2, 0.25) is 0 Å². The van der Waals surface area contributed by atoms with E-state index in [1.807, 2.05) is 0 Å². The molecule has 1 atom stereocenters. The van der Waals surface area contributed by atoms with E-state index in [-0.39, 0.29) is 9.37 Å². The van der Waals surface area contributed by atoms with E-state index < -0.39 is 15.8 Å². The van der Waals surface area contributed by atoms with E-state index in [2.05, 4.69) is 26.0 Å². The van der Waals surface area contributed by atoms with Crippen LogP contribution >= 0.6 is 15.9 Å². The number of sulfonamides is 1. The highest BCUT2D eigenvalue weighted by atomic mass is 79.9. The lowest BCUT2D eigenvalue weighted by Crippen LogP contribution is -2.38. The summed E-state index contributed by atoms with van der Waals surface area (Å²) in [7, 11) is -3.60. The molecule has 0 spiro atoms. The summed E-state index contributed by atoms with van der Waals surface area (Å²) in [5.74, 6) is -0.162. The van der Waals surface area contributed by atoms with Crippen LogP contribution in [0.4, 0.5) is 4.39 Å². The van der Waals surface area contributed by atoms with Crippen LogP contribution in [0.25, 0.3) is 0 Å². The van der Waals surface area contributed by atoms with E-state index in [1.165, 1.54) is 6.07 Å². The molecule has 0 saturated carbocycles. The normalized spacial score (nSPS) is 20.4. The maximum absolute atomic E-state index is 13.0.